The van der Waals surface area contributed by atoms with Crippen molar-refractivity contribution in [3.05, 3.63) is 89.2 Å². The average molecular weight is 434 g/mol. The van der Waals surface area contributed by atoms with Crippen LogP contribution in [0.25, 0.3) is 0 Å². The van der Waals surface area contributed by atoms with Gasteiger partial charge in [-0.15, -0.1) is 0 Å². The van der Waals surface area contributed by atoms with E-state index in [9.17, 15) is 9.59 Å². The van der Waals surface area contributed by atoms with Gasteiger partial charge in [-0.25, -0.2) is 9.48 Å². The molecule has 0 radical (unpaired) electrons. The highest BCUT2D eigenvalue weighted by Gasteiger charge is 2.53. The van der Waals surface area contributed by atoms with Gasteiger partial charge in [-0.2, -0.15) is 10.2 Å². The lowest BCUT2D eigenvalue weighted by atomic mass is 9.88. The summed E-state index contributed by atoms with van der Waals surface area (Å²) < 4.78 is 6.66. The number of esters is 1. The van der Waals surface area contributed by atoms with Crippen LogP contribution in [-0.2, 0) is 20.9 Å². The van der Waals surface area contributed by atoms with E-state index < -0.39 is 24.0 Å². The van der Waals surface area contributed by atoms with E-state index in [-0.39, 0.29) is 12.5 Å². The number of benzene rings is 2. The molecule has 0 bridgehead atoms. The number of aromatic nitrogens is 2. The van der Waals surface area contributed by atoms with Gasteiger partial charge in [-0.3, -0.25) is 9.63 Å². The Morgan fingerprint density at radius 3 is 2.28 bits per heavy atom. The molecule has 2 heterocycles. The zero-order valence-electron chi connectivity index (χ0n) is 18.5. The predicted octanol–water partition coefficient (Wildman–Crippen LogP) is 3.88. The zero-order chi connectivity index (χ0) is 22.7. The molecule has 0 spiro atoms. The summed E-state index contributed by atoms with van der Waals surface area (Å²) in [4.78, 5) is 32.8. The number of nitrogens with zero attached hydrogens (tertiary/aromatic N) is 3. The molecule has 0 aliphatic carbocycles. The first kappa shape index (κ1) is 21.9. The van der Waals surface area contributed by atoms with E-state index >= 15 is 0 Å². The Kier molecular flexibility index (Phi) is 6.48. The van der Waals surface area contributed by atoms with Gasteiger partial charge in [0.1, 0.15) is 5.92 Å². The summed E-state index contributed by atoms with van der Waals surface area (Å²) in [7, 11) is 0. The van der Waals surface area contributed by atoms with Crippen molar-refractivity contribution in [2.45, 2.75) is 39.5 Å². The maximum absolute atomic E-state index is 13.8. The third-order valence-corrected chi connectivity index (χ3v) is 5.57. The quantitative estimate of drug-likeness (QED) is 0.550. The number of carbonyl (C=O) groups excluding carboxylic acids is 2. The average Bonchev–Trinajstić information content (AvgIpc) is 3.34. The molecule has 1 saturated heterocycles. The van der Waals surface area contributed by atoms with E-state index in [1.807, 2.05) is 80.6 Å². The maximum Gasteiger partial charge on any atom is 0.338 e. The van der Waals surface area contributed by atoms with Crippen molar-refractivity contribution >= 4 is 11.9 Å². The van der Waals surface area contributed by atoms with Gasteiger partial charge in [0.05, 0.1) is 18.3 Å². The van der Waals surface area contributed by atoms with Crippen LogP contribution >= 0.6 is 0 Å². The number of ether oxygens (including phenoxy) is 1. The van der Waals surface area contributed by atoms with Gasteiger partial charge in [0.15, 0.2) is 6.10 Å². The van der Waals surface area contributed by atoms with Gasteiger partial charge >= 0.3 is 5.97 Å². The first-order valence-electron chi connectivity index (χ1n) is 10.8. The fourth-order valence-corrected chi connectivity index (χ4v) is 4.22. The molecule has 0 amide bonds. The minimum Gasteiger partial charge on any atom is -0.464 e. The normalized spacial score (nSPS) is 20.9. The summed E-state index contributed by atoms with van der Waals surface area (Å²) in [6.45, 7) is 6.01. The number of hydrogen-bond donors (Lipinski definition) is 0. The summed E-state index contributed by atoms with van der Waals surface area (Å²) in [5.74, 6) is -1.67. The molecule has 4 rings (SSSR count). The van der Waals surface area contributed by atoms with Crippen LogP contribution in [0.4, 0.5) is 0 Å². The Balaban J connectivity index is 1.79. The number of aryl methyl sites for hydroxylation is 2. The third-order valence-electron chi connectivity index (χ3n) is 5.57. The second-order valence-corrected chi connectivity index (χ2v) is 7.90. The second-order valence-electron chi connectivity index (χ2n) is 7.90. The van der Waals surface area contributed by atoms with E-state index in [0.29, 0.717) is 12.2 Å². The lowest BCUT2D eigenvalue weighted by molar-refractivity contribution is -0.193. The summed E-state index contributed by atoms with van der Waals surface area (Å²) in [5.41, 5.74) is 3.34. The van der Waals surface area contributed by atoms with Gasteiger partial charge in [-0.1, -0.05) is 60.7 Å². The van der Waals surface area contributed by atoms with Crippen molar-refractivity contribution < 1.29 is 19.2 Å². The lowest BCUT2D eigenvalue weighted by Gasteiger charge is -2.25. The molecule has 1 aliphatic heterocycles. The minimum atomic E-state index is -1.07. The van der Waals surface area contributed by atoms with Gasteiger partial charge in [0.2, 0.25) is 0 Å². The van der Waals surface area contributed by atoms with Crippen molar-refractivity contribution in [1.82, 2.24) is 14.8 Å². The fraction of sp³-hybridized carbons (Fsp3) is 0.320. The molecule has 0 unspecified atom stereocenters. The number of carbonyl (C=O) groups is 2. The van der Waals surface area contributed by atoms with Crippen LogP contribution in [0, 0.1) is 19.8 Å². The maximum atomic E-state index is 13.8. The summed E-state index contributed by atoms with van der Waals surface area (Å²) in [5, 5.41) is 6.10. The number of hydrogen-bond acceptors (Lipinski definition) is 6. The second kappa shape index (κ2) is 9.46. The van der Waals surface area contributed by atoms with E-state index in [2.05, 4.69) is 5.10 Å². The molecule has 0 saturated carbocycles. The molecule has 166 valence electrons. The van der Waals surface area contributed by atoms with Crippen molar-refractivity contribution in [1.29, 1.82) is 0 Å². The number of rotatable bonds is 6. The molecular weight excluding hydrogens is 406 g/mol. The smallest absolute Gasteiger partial charge is 0.338 e. The molecule has 7 nitrogen and oxygen atoms in total. The van der Waals surface area contributed by atoms with Crippen LogP contribution in [0.15, 0.2) is 66.7 Å². The molecule has 1 aliphatic rings. The molecule has 3 atom stereocenters. The molecule has 0 N–H and O–H groups in total. The van der Waals surface area contributed by atoms with Crippen molar-refractivity contribution in [2.75, 3.05) is 6.61 Å². The molecule has 1 fully saturated rings. The Morgan fingerprint density at radius 1 is 1.03 bits per heavy atom. The summed E-state index contributed by atoms with van der Waals surface area (Å²) >= 11 is 0. The summed E-state index contributed by atoms with van der Waals surface area (Å²) in [6, 6.07) is 20.8. The fourth-order valence-electron chi connectivity index (χ4n) is 4.22. The van der Waals surface area contributed by atoms with Crippen LogP contribution in [0.1, 0.15) is 40.3 Å². The number of hydroxylamine groups is 2. The molecule has 1 aromatic heterocycles. The highest BCUT2D eigenvalue weighted by Crippen LogP contribution is 2.42. The van der Waals surface area contributed by atoms with Gasteiger partial charge in [0.25, 0.3) is 5.91 Å². The van der Waals surface area contributed by atoms with E-state index in [0.717, 1.165) is 16.8 Å². The monoisotopic (exact) mass is 433 g/mol. The van der Waals surface area contributed by atoms with E-state index in [1.165, 1.54) is 4.68 Å². The van der Waals surface area contributed by atoms with Crippen LogP contribution in [0.5, 0.6) is 0 Å². The molecule has 2 aromatic carbocycles. The summed E-state index contributed by atoms with van der Waals surface area (Å²) in [6.07, 6.45) is -1.07. The largest absolute Gasteiger partial charge is 0.464 e. The van der Waals surface area contributed by atoms with Gasteiger partial charge < -0.3 is 4.74 Å². The lowest BCUT2D eigenvalue weighted by Crippen LogP contribution is -2.38. The minimum absolute atomic E-state index is 0.203. The SMILES string of the molecule is CCOC(=O)[C@@H]1ON(Cc2ccccc2)[C@H](c2ccccc2)[C@H]1C(=O)n1nc(C)cc1C. The van der Waals surface area contributed by atoms with Crippen LogP contribution in [0.3, 0.4) is 0 Å². The Hall–Kier alpha value is -3.29. The first-order chi connectivity index (χ1) is 15.5. The first-order valence-corrected chi connectivity index (χ1v) is 10.8. The van der Waals surface area contributed by atoms with Crippen LogP contribution in [0.2, 0.25) is 0 Å². The van der Waals surface area contributed by atoms with Crippen LogP contribution < -0.4 is 0 Å². The topological polar surface area (TPSA) is 73.7 Å². The van der Waals surface area contributed by atoms with Crippen molar-refractivity contribution in [3.8, 4) is 0 Å². The highest BCUT2D eigenvalue weighted by molar-refractivity contribution is 5.89. The van der Waals surface area contributed by atoms with Crippen LogP contribution in [-0.4, -0.2) is 39.4 Å². The van der Waals surface area contributed by atoms with Gasteiger partial charge in [0, 0.05) is 12.2 Å². The molecule has 3 aromatic rings. The molecular formula is C25H27N3O4. The van der Waals surface area contributed by atoms with Crippen molar-refractivity contribution in [2.24, 2.45) is 5.92 Å². The third kappa shape index (κ3) is 4.35. The van der Waals surface area contributed by atoms with E-state index in [1.54, 1.807) is 12.0 Å². The van der Waals surface area contributed by atoms with Gasteiger partial charge in [-0.05, 0) is 38.0 Å². The Labute approximate surface area is 187 Å². The molecule has 7 heteroatoms. The van der Waals surface area contributed by atoms with E-state index in [4.69, 9.17) is 9.57 Å². The highest BCUT2D eigenvalue weighted by atomic mass is 16.7. The molecule has 32 heavy (non-hydrogen) atoms. The standard InChI is InChI=1S/C25H27N3O4/c1-4-31-25(30)23-21(24(29)28-18(3)15-17(2)26-28)22(20-13-9-6-10-14-20)27(32-23)16-19-11-7-5-8-12-19/h5-15,21-23H,4,16H2,1-3H3/t21-,22-,23-/m1/s1. The van der Waals surface area contributed by atoms with Crippen molar-refractivity contribution in [3.63, 3.8) is 0 Å². The Bertz CT molecular complexity index is 1080. The zero-order valence-corrected chi connectivity index (χ0v) is 18.5. The predicted molar refractivity (Wildman–Crippen MR) is 118 cm³/mol. The Morgan fingerprint density at radius 2 is 1.69 bits per heavy atom.